The van der Waals surface area contributed by atoms with Crippen molar-refractivity contribution in [3.05, 3.63) is 75.2 Å². The Kier molecular flexibility index (Phi) is 5.72. The van der Waals surface area contributed by atoms with E-state index in [0.29, 0.717) is 53.7 Å². The van der Waals surface area contributed by atoms with Crippen molar-refractivity contribution in [3.63, 3.8) is 0 Å². The Morgan fingerprint density at radius 2 is 1.89 bits per heavy atom. The number of fused-ring (bicyclic) bond motifs is 1. The number of carbonyl (C=O) groups is 2. The average Bonchev–Trinajstić information content (AvgIpc) is 2.85. The minimum absolute atomic E-state index is 0.0447. The molecule has 1 aromatic heterocycles. The third-order valence-corrected chi connectivity index (χ3v) is 6.68. The van der Waals surface area contributed by atoms with Gasteiger partial charge in [0.25, 0.3) is 11.5 Å². The highest BCUT2D eigenvalue weighted by atomic mass is 35.5. The van der Waals surface area contributed by atoms with Crippen molar-refractivity contribution in [2.24, 2.45) is 0 Å². The normalized spacial score (nSPS) is 16.5. The second kappa shape index (κ2) is 8.74. The van der Waals surface area contributed by atoms with Gasteiger partial charge in [-0.1, -0.05) is 23.7 Å². The fourth-order valence-electron chi connectivity index (χ4n) is 4.59. The van der Waals surface area contributed by atoms with Gasteiger partial charge in [0.05, 0.1) is 19.1 Å². The molecule has 1 amide bonds. The zero-order chi connectivity index (χ0) is 24.7. The van der Waals surface area contributed by atoms with E-state index in [2.05, 4.69) is 5.10 Å². The van der Waals surface area contributed by atoms with Crippen molar-refractivity contribution >= 4 is 23.3 Å². The molecule has 0 atom stereocenters. The number of methoxy groups -OCH3 is 1. The van der Waals surface area contributed by atoms with Crippen LogP contribution in [0.4, 0.5) is 0 Å². The summed E-state index contributed by atoms with van der Waals surface area (Å²) in [7, 11) is 1.46. The monoisotopic (exact) mass is 495 g/mol. The lowest BCUT2D eigenvalue weighted by Gasteiger charge is -2.43. The molecule has 1 spiro atoms. The number of nitrogens with zero attached hydrogens (tertiary/aromatic N) is 3. The minimum atomic E-state index is -0.708. The van der Waals surface area contributed by atoms with E-state index in [4.69, 9.17) is 21.1 Å². The number of rotatable bonds is 3. The number of aromatic nitrogens is 2. The number of likely N-dealkylation sites (tertiary alicyclic amines) is 1. The summed E-state index contributed by atoms with van der Waals surface area (Å²) >= 11 is 6.01. The van der Waals surface area contributed by atoms with Crippen LogP contribution in [-0.4, -0.2) is 57.3 Å². The number of amides is 1. The molecule has 2 aromatic carbocycles. The van der Waals surface area contributed by atoms with E-state index >= 15 is 0 Å². The average molecular weight is 496 g/mol. The van der Waals surface area contributed by atoms with E-state index in [1.54, 1.807) is 42.5 Å². The smallest absolute Gasteiger partial charge is 0.278 e. The van der Waals surface area contributed by atoms with Crippen molar-refractivity contribution in [2.45, 2.75) is 24.9 Å². The van der Waals surface area contributed by atoms with E-state index in [9.17, 15) is 19.5 Å². The molecule has 3 heterocycles. The van der Waals surface area contributed by atoms with Crippen LogP contribution in [0.5, 0.6) is 17.2 Å². The maximum absolute atomic E-state index is 13.3. The molecule has 9 nitrogen and oxygen atoms in total. The SMILES string of the molecule is COc1ccccc1-n1nc(C(=O)N2CCC3(CC2)CC(=O)c2cc(Cl)ccc2O3)c(O)cc1=O. The molecule has 0 unspecified atom stereocenters. The van der Waals surface area contributed by atoms with Gasteiger partial charge < -0.3 is 19.5 Å². The number of halogens is 1. The van der Waals surface area contributed by atoms with Gasteiger partial charge in [0.15, 0.2) is 17.2 Å². The van der Waals surface area contributed by atoms with Crippen LogP contribution >= 0.6 is 11.6 Å². The Bertz CT molecular complexity index is 1390. The molecule has 0 radical (unpaired) electrons. The van der Waals surface area contributed by atoms with Gasteiger partial charge in [0.1, 0.15) is 22.8 Å². The molecule has 35 heavy (non-hydrogen) atoms. The quantitative estimate of drug-likeness (QED) is 0.593. The van der Waals surface area contributed by atoms with Crippen LogP contribution in [0.15, 0.2) is 53.3 Å². The Labute approximate surface area is 205 Å². The van der Waals surface area contributed by atoms with E-state index in [1.807, 2.05) is 0 Å². The number of para-hydroxylation sites is 2. The van der Waals surface area contributed by atoms with Crippen LogP contribution in [0.1, 0.15) is 40.1 Å². The van der Waals surface area contributed by atoms with Gasteiger partial charge in [-0.15, -0.1) is 0 Å². The Morgan fingerprint density at radius 1 is 1.14 bits per heavy atom. The molecule has 1 N–H and O–H groups in total. The molecule has 5 rings (SSSR count). The lowest BCUT2D eigenvalue weighted by molar-refractivity contribution is -0.00594. The highest BCUT2D eigenvalue weighted by Gasteiger charge is 2.44. The predicted octanol–water partition coefficient (Wildman–Crippen LogP) is 3.24. The largest absolute Gasteiger partial charge is 0.505 e. The molecule has 10 heteroatoms. The maximum atomic E-state index is 13.3. The van der Waals surface area contributed by atoms with Crippen molar-refractivity contribution in [2.75, 3.05) is 20.2 Å². The zero-order valence-electron chi connectivity index (χ0n) is 18.9. The number of ether oxygens (including phenoxy) is 2. The van der Waals surface area contributed by atoms with Crippen LogP contribution in [0.2, 0.25) is 5.02 Å². The van der Waals surface area contributed by atoms with Gasteiger partial charge in [-0.3, -0.25) is 14.4 Å². The lowest BCUT2D eigenvalue weighted by Crippen LogP contribution is -2.52. The molecule has 180 valence electrons. The Morgan fingerprint density at radius 3 is 2.63 bits per heavy atom. The zero-order valence-corrected chi connectivity index (χ0v) is 19.6. The van der Waals surface area contributed by atoms with Crippen LogP contribution in [0.25, 0.3) is 5.69 Å². The van der Waals surface area contributed by atoms with Crippen molar-refractivity contribution in [1.82, 2.24) is 14.7 Å². The Balaban J connectivity index is 1.38. The van der Waals surface area contributed by atoms with E-state index < -0.39 is 22.8 Å². The standard InChI is InChI=1S/C25H22ClN3O6/c1-34-21-5-3-2-4-17(21)29-22(32)13-18(30)23(27-29)24(33)28-10-8-25(9-11-28)14-19(31)16-12-15(26)6-7-20(16)35-25/h2-7,12-13,30H,8-11,14H2,1H3. The molecular weight excluding hydrogens is 474 g/mol. The number of hydrogen-bond acceptors (Lipinski definition) is 7. The van der Waals surface area contributed by atoms with Gasteiger partial charge >= 0.3 is 0 Å². The van der Waals surface area contributed by atoms with Crippen LogP contribution < -0.4 is 15.0 Å². The molecular formula is C25H22ClN3O6. The van der Waals surface area contributed by atoms with Gasteiger partial charge in [-0.25, -0.2) is 0 Å². The highest BCUT2D eigenvalue weighted by molar-refractivity contribution is 6.31. The Hall–Kier alpha value is -3.85. The summed E-state index contributed by atoms with van der Waals surface area (Å²) in [6.07, 6.45) is 1.06. The lowest BCUT2D eigenvalue weighted by atomic mass is 9.82. The molecule has 0 saturated carbocycles. The van der Waals surface area contributed by atoms with Gasteiger partial charge in [-0.2, -0.15) is 9.78 Å². The predicted molar refractivity (Wildman–Crippen MR) is 127 cm³/mol. The van der Waals surface area contributed by atoms with E-state index in [0.717, 1.165) is 10.7 Å². The summed E-state index contributed by atoms with van der Waals surface area (Å²) in [5.74, 6) is -0.172. The third-order valence-electron chi connectivity index (χ3n) is 6.44. The number of hydrogen-bond donors (Lipinski definition) is 1. The first kappa shape index (κ1) is 22.9. The first-order chi connectivity index (χ1) is 16.8. The number of ketones is 1. The van der Waals surface area contributed by atoms with Gasteiger partial charge in [0.2, 0.25) is 0 Å². The number of Topliss-reactive ketones (excluding diaryl/α,β-unsaturated/α-hetero) is 1. The second-order valence-electron chi connectivity index (χ2n) is 8.62. The highest BCUT2D eigenvalue weighted by Crippen LogP contribution is 2.40. The molecule has 3 aromatic rings. The van der Waals surface area contributed by atoms with Crippen molar-refractivity contribution in [1.29, 1.82) is 0 Å². The molecule has 2 aliphatic heterocycles. The summed E-state index contributed by atoms with van der Waals surface area (Å²) in [5.41, 5.74) is -0.740. The molecule has 0 aliphatic carbocycles. The van der Waals surface area contributed by atoms with E-state index in [1.165, 1.54) is 12.0 Å². The molecule has 1 fully saturated rings. The summed E-state index contributed by atoms with van der Waals surface area (Å²) in [4.78, 5) is 40.1. The van der Waals surface area contributed by atoms with E-state index in [-0.39, 0.29) is 17.9 Å². The van der Waals surface area contributed by atoms with Crippen LogP contribution in [0, 0.1) is 0 Å². The van der Waals surface area contributed by atoms with Crippen LogP contribution in [-0.2, 0) is 0 Å². The number of benzene rings is 2. The summed E-state index contributed by atoms with van der Waals surface area (Å²) in [5, 5.41) is 15.0. The van der Waals surface area contributed by atoms with Crippen molar-refractivity contribution in [3.8, 4) is 22.9 Å². The topological polar surface area (TPSA) is 111 Å². The maximum Gasteiger partial charge on any atom is 0.278 e. The van der Waals surface area contributed by atoms with Crippen molar-refractivity contribution < 1.29 is 24.2 Å². The van der Waals surface area contributed by atoms with Gasteiger partial charge in [-0.05, 0) is 30.3 Å². The molecule has 1 saturated heterocycles. The first-order valence-electron chi connectivity index (χ1n) is 11.1. The summed E-state index contributed by atoms with van der Waals surface area (Å²) in [6.45, 7) is 0.591. The fourth-order valence-corrected chi connectivity index (χ4v) is 4.76. The minimum Gasteiger partial charge on any atom is -0.505 e. The summed E-state index contributed by atoms with van der Waals surface area (Å²) < 4.78 is 12.5. The number of piperidine rings is 1. The fraction of sp³-hybridized carbons (Fsp3) is 0.280. The summed E-state index contributed by atoms with van der Waals surface area (Å²) in [6, 6.07) is 12.7. The second-order valence-corrected chi connectivity index (χ2v) is 9.05. The number of carbonyl (C=O) groups excluding carboxylic acids is 2. The number of aromatic hydroxyl groups is 1. The van der Waals surface area contributed by atoms with Crippen LogP contribution in [0.3, 0.4) is 0 Å². The molecule has 2 aliphatic rings. The third kappa shape index (κ3) is 4.12. The van der Waals surface area contributed by atoms with Gasteiger partial charge in [0, 0.05) is 37.0 Å². The first-order valence-corrected chi connectivity index (χ1v) is 11.5. The molecule has 0 bridgehead atoms.